The fourth-order valence-electron chi connectivity index (χ4n) is 1.99. The van der Waals surface area contributed by atoms with Gasteiger partial charge in [-0.15, -0.1) is 0 Å². The van der Waals surface area contributed by atoms with Gasteiger partial charge in [0.05, 0.1) is 11.5 Å². The molecule has 0 saturated heterocycles. The van der Waals surface area contributed by atoms with Gasteiger partial charge in [-0.2, -0.15) is 0 Å². The number of nitrogens with zero attached hydrogens (tertiary/aromatic N) is 1. The number of aromatic hydroxyl groups is 1. The van der Waals surface area contributed by atoms with Crippen LogP contribution in [0.3, 0.4) is 0 Å². The molecular formula is C17H15NO5. The molecule has 0 saturated carbocycles. The minimum Gasteiger partial charge on any atom is -0.500 e. The molecule has 2 rings (SSSR count). The lowest BCUT2D eigenvalue weighted by atomic mass is 10.1. The number of nitro benzene ring substituents is 1. The van der Waals surface area contributed by atoms with Crippen molar-refractivity contribution in [3.63, 3.8) is 0 Å². The third-order valence-corrected chi connectivity index (χ3v) is 3.06. The third-order valence-electron chi connectivity index (χ3n) is 3.06. The van der Waals surface area contributed by atoms with Crippen LogP contribution in [0.4, 0.5) is 5.69 Å². The molecule has 118 valence electrons. The zero-order chi connectivity index (χ0) is 16.8. The van der Waals surface area contributed by atoms with Crippen molar-refractivity contribution in [2.45, 2.75) is 6.92 Å². The van der Waals surface area contributed by atoms with E-state index < -0.39 is 16.4 Å². The van der Waals surface area contributed by atoms with Crippen LogP contribution in [0.25, 0.3) is 6.08 Å². The van der Waals surface area contributed by atoms with Crippen molar-refractivity contribution in [2.75, 3.05) is 6.61 Å². The quantitative estimate of drug-likeness (QED) is 0.381. The first kappa shape index (κ1) is 16.2. The van der Waals surface area contributed by atoms with E-state index in [2.05, 4.69) is 0 Å². The monoisotopic (exact) mass is 313 g/mol. The predicted octanol–water partition coefficient (Wildman–Crippen LogP) is 3.60. The summed E-state index contributed by atoms with van der Waals surface area (Å²) in [7, 11) is 0. The molecule has 0 heterocycles. The number of phenols is 1. The van der Waals surface area contributed by atoms with Crippen LogP contribution in [0, 0.1) is 10.1 Å². The van der Waals surface area contributed by atoms with Gasteiger partial charge in [-0.1, -0.05) is 36.4 Å². The summed E-state index contributed by atoms with van der Waals surface area (Å²) in [5.41, 5.74) is 0.437. The predicted molar refractivity (Wildman–Crippen MR) is 85.7 cm³/mol. The molecule has 2 aromatic rings. The zero-order valence-electron chi connectivity index (χ0n) is 12.4. The molecular weight excluding hydrogens is 298 g/mol. The Morgan fingerprint density at radius 2 is 2.00 bits per heavy atom. The Kier molecular flexibility index (Phi) is 5.09. The fourth-order valence-corrected chi connectivity index (χ4v) is 1.99. The SMILES string of the molecule is CCOc1cc(/C=C/C(=O)c2ccccc2)cc([N+](=O)[O-])c1O. The van der Waals surface area contributed by atoms with E-state index in [0.717, 1.165) is 0 Å². The minimum absolute atomic E-state index is 0.00788. The van der Waals surface area contributed by atoms with Crippen molar-refractivity contribution in [1.29, 1.82) is 0 Å². The second-order valence-electron chi connectivity index (χ2n) is 4.64. The summed E-state index contributed by atoms with van der Waals surface area (Å²) in [6.45, 7) is 1.95. The number of ether oxygens (including phenoxy) is 1. The first-order valence-electron chi connectivity index (χ1n) is 6.94. The van der Waals surface area contributed by atoms with Gasteiger partial charge in [-0.25, -0.2) is 0 Å². The average molecular weight is 313 g/mol. The molecule has 0 unspecified atom stereocenters. The van der Waals surface area contributed by atoms with E-state index in [4.69, 9.17) is 4.74 Å². The lowest BCUT2D eigenvalue weighted by molar-refractivity contribution is -0.386. The second-order valence-corrected chi connectivity index (χ2v) is 4.64. The van der Waals surface area contributed by atoms with Gasteiger partial charge in [0.15, 0.2) is 11.5 Å². The van der Waals surface area contributed by atoms with Gasteiger partial charge >= 0.3 is 5.69 Å². The number of rotatable bonds is 6. The van der Waals surface area contributed by atoms with Crippen LogP contribution in [-0.4, -0.2) is 22.4 Å². The molecule has 0 bridgehead atoms. The summed E-state index contributed by atoms with van der Waals surface area (Å²) in [6, 6.07) is 11.3. The van der Waals surface area contributed by atoms with Gasteiger partial charge in [-0.3, -0.25) is 14.9 Å². The van der Waals surface area contributed by atoms with Gasteiger partial charge in [0.25, 0.3) is 0 Å². The van der Waals surface area contributed by atoms with E-state index in [1.807, 2.05) is 0 Å². The summed E-state index contributed by atoms with van der Waals surface area (Å²) in [6.07, 6.45) is 2.77. The molecule has 1 N–H and O–H groups in total. The molecule has 0 radical (unpaired) electrons. The molecule has 0 aliphatic rings. The van der Waals surface area contributed by atoms with Crippen LogP contribution >= 0.6 is 0 Å². The van der Waals surface area contributed by atoms with Crippen LogP contribution in [0.15, 0.2) is 48.5 Å². The number of carbonyl (C=O) groups is 1. The fraction of sp³-hybridized carbons (Fsp3) is 0.118. The lowest BCUT2D eigenvalue weighted by Crippen LogP contribution is -1.97. The molecule has 0 aliphatic heterocycles. The Bertz CT molecular complexity index is 753. The van der Waals surface area contributed by atoms with Crippen molar-refractivity contribution in [2.24, 2.45) is 0 Å². The van der Waals surface area contributed by atoms with Crippen LogP contribution in [0.1, 0.15) is 22.8 Å². The molecule has 0 aliphatic carbocycles. The van der Waals surface area contributed by atoms with Crippen LogP contribution in [0.5, 0.6) is 11.5 Å². The average Bonchev–Trinajstić information content (AvgIpc) is 2.55. The van der Waals surface area contributed by atoms with E-state index in [0.29, 0.717) is 11.1 Å². The third kappa shape index (κ3) is 3.94. The standard InChI is InChI=1S/C17H15NO5/c1-2-23-16-11-12(10-14(17(16)20)18(21)22)8-9-15(19)13-6-4-3-5-7-13/h3-11,20H,2H2,1H3/b9-8+. The summed E-state index contributed by atoms with van der Waals surface area (Å²) in [5.74, 6) is -0.740. The summed E-state index contributed by atoms with van der Waals surface area (Å²) < 4.78 is 5.19. The lowest BCUT2D eigenvalue weighted by Gasteiger charge is -2.07. The second kappa shape index (κ2) is 7.22. The van der Waals surface area contributed by atoms with Crippen molar-refractivity contribution < 1.29 is 19.6 Å². The normalized spacial score (nSPS) is 10.7. The van der Waals surface area contributed by atoms with Gasteiger partial charge in [-0.05, 0) is 24.6 Å². The van der Waals surface area contributed by atoms with E-state index in [9.17, 15) is 20.0 Å². The molecule has 0 spiro atoms. The van der Waals surface area contributed by atoms with Crippen molar-refractivity contribution in [3.05, 3.63) is 69.8 Å². The van der Waals surface area contributed by atoms with Gasteiger partial charge in [0.1, 0.15) is 0 Å². The highest BCUT2D eigenvalue weighted by Crippen LogP contribution is 2.37. The first-order valence-corrected chi connectivity index (χ1v) is 6.94. The molecule has 2 aromatic carbocycles. The molecule has 0 atom stereocenters. The Labute approximate surface area is 132 Å². The van der Waals surface area contributed by atoms with Crippen molar-refractivity contribution in [3.8, 4) is 11.5 Å². The minimum atomic E-state index is -0.700. The number of carbonyl (C=O) groups excluding carboxylic acids is 1. The smallest absolute Gasteiger partial charge is 0.315 e. The van der Waals surface area contributed by atoms with Crippen molar-refractivity contribution in [1.82, 2.24) is 0 Å². The molecule has 0 aromatic heterocycles. The number of nitro groups is 1. The summed E-state index contributed by atoms with van der Waals surface area (Å²) in [5, 5.41) is 20.8. The van der Waals surface area contributed by atoms with Crippen LogP contribution < -0.4 is 4.74 Å². The molecule has 6 heteroatoms. The maximum atomic E-state index is 12.0. The Morgan fingerprint density at radius 1 is 1.30 bits per heavy atom. The maximum absolute atomic E-state index is 12.0. The number of ketones is 1. The van der Waals surface area contributed by atoms with Crippen molar-refractivity contribution >= 4 is 17.5 Å². The topological polar surface area (TPSA) is 89.7 Å². The van der Waals surface area contributed by atoms with E-state index in [1.54, 1.807) is 37.3 Å². The number of benzene rings is 2. The highest BCUT2D eigenvalue weighted by atomic mass is 16.6. The van der Waals surface area contributed by atoms with Gasteiger partial charge < -0.3 is 9.84 Å². The summed E-state index contributed by atoms with van der Waals surface area (Å²) in [4.78, 5) is 22.3. The Balaban J connectivity index is 2.34. The summed E-state index contributed by atoms with van der Waals surface area (Å²) >= 11 is 0. The highest BCUT2D eigenvalue weighted by molar-refractivity contribution is 6.06. The van der Waals surface area contributed by atoms with Gasteiger partial charge in [0.2, 0.25) is 5.75 Å². The van der Waals surface area contributed by atoms with Gasteiger partial charge in [0, 0.05) is 11.6 Å². The molecule has 6 nitrogen and oxygen atoms in total. The number of hydrogen-bond acceptors (Lipinski definition) is 5. The Morgan fingerprint density at radius 3 is 2.61 bits per heavy atom. The largest absolute Gasteiger partial charge is 0.500 e. The van der Waals surface area contributed by atoms with E-state index in [-0.39, 0.29) is 18.1 Å². The highest BCUT2D eigenvalue weighted by Gasteiger charge is 2.19. The van der Waals surface area contributed by atoms with E-state index >= 15 is 0 Å². The number of phenolic OH excluding ortho intramolecular Hbond substituents is 1. The zero-order valence-corrected chi connectivity index (χ0v) is 12.4. The molecule has 23 heavy (non-hydrogen) atoms. The maximum Gasteiger partial charge on any atom is 0.315 e. The van der Waals surface area contributed by atoms with Crippen LogP contribution in [-0.2, 0) is 0 Å². The Hall–Kier alpha value is -3.15. The first-order chi connectivity index (χ1) is 11.0. The van der Waals surface area contributed by atoms with E-state index in [1.165, 1.54) is 24.3 Å². The number of allylic oxidation sites excluding steroid dienone is 1. The van der Waals surface area contributed by atoms with Crippen LogP contribution in [0.2, 0.25) is 0 Å². The number of hydrogen-bond donors (Lipinski definition) is 1. The molecule has 0 amide bonds. The molecule has 0 fully saturated rings.